The van der Waals surface area contributed by atoms with Gasteiger partial charge in [-0.25, -0.2) is 4.79 Å². The summed E-state index contributed by atoms with van der Waals surface area (Å²) < 4.78 is 24.8. The zero-order valence-corrected chi connectivity index (χ0v) is 16.7. The summed E-state index contributed by atoms with van der Waals surface area (Å²) in [5.74, 6) is -1.29. The Balaban J connectivity index is 2.11. The fourth-order valence-corrected chi connectivity index (χ4v) is 4.33. The average Bonchev–Trinajstić information content (AvgIpc) is 3.08. The normalized spacial score (nSPS) is 11.8. The van der Waals surface area contributed by atoms with Crippen molar-refractivity contribution in [1.82, 2.24) is 0 Å². The first kappa shape index (κ1) is 19.9. The molecule has 144 valence electrons. The lowest BCUT2D eigenvalue weighted by atomic mass is 10.1. The second kappa shape index (κ2) is 8.05. The van der Waals surface area contributed by atoms with Crippen LogP contribution in [0.3, 0.4) is 0 Å². The fourth-order valence-electron chi connectivity index (χ4n) is 2.68. The van der Waals surface area contributed by atoms with Gasteiger partial charge < -0.3 is 9.66 Å². The summed E-state index contributed by atoms with van der Waals surface area (Å²) in [5.41, 5.74) is 2.61. The number of Topliss-reactive ketones (excluding diaryl/α,β-unsaturated/α-hetero) is 1. The molecule has 0 fully saturated rings. The maximum Gasteiger partial charge on any atom is 0.348 e. The first-order valence-corrected chi connectivity index (χ1v) is 10.1. The van der Waals surface area contributed by atoms with E-state index in [1.165, 1.54) is 13.0 Å². The molecular weight excluding hydrogens is 398 g/mol. The Morgan fingerprint density at radius 2 is 1.68 bits per heavy atom. The van der Waals surface area contributed by atoms with Crippen molar-refractivity contribution in [2.24, 2.45) is 0 Å². The van der Waals surface area contributed by atoms with Crippen LogP contribution in [0.15, 0.2) is 54.6 Å². The van der Waals surface area contributed by atoms with E-state index in [0.717, 1.165) is 21.2 Å². The summed E-state index contributed by atoms with van der Waals surface area (Å²) in [4.78, 5) is 23.7. The van der Waals surface area contributed by atoms with E-state index >= 15 is 0 Å². The molecule has 0 amide bonds. The minimum absolute atomic E-state index is 0.0698. The summed E-state index contributed by atoms with van der Waals surface area (Å²) in [5, 5.41) is 9.60. The molecule has 0 saturated heterocycles. The Labute approximate surface area is 168 Å². The van der Waals surface area contributed by atoms with Crippen LogP contribution in [0, 0.1) is 6.92 Å². The van der Waals surface area contributed by atoms with E-state index in [0.29, 0.717) is 21.7 Å². The molecule has 0 spiro atoms. The number of hydrogen-bond donors (Lipinski definition) is 1. The number of rotatable bonds is 6. The van der Waals surface area contributed by atoms with Crippen LogP contribution >= 0.6 is 11.3 Å². The van der Waals surface area contributed by atoms with Crippen LogP contribution in [0.4, 0.5) is 11.4 Å². The van der Waals surface area contributed by atoms with E-state index in [1.807, 2.05) is 6.92 Å². The number of anilines is 2. The van der Waals surface area contributed by atoms with Gasteiger partial charge in [0.05, 0.1) is 22.6 Å². The predicted octanol–water partition coefficient (Wildman–Crippen LogP) is 4.56. The summed E-state index contributed by atoms with van der Waals surface area (Å²) >= 11 is -1.73. The quantitative estimate of drug-likeness (QED) is 0.471. The molecule has 3 rings (SSSR count). The smallest absolute Gasteiger partial charge is 0.348 e. The highest BCUT2D eigenvalue weighted by atomic mass is 32.2. The molecule has 6 nitrogen and oxygen atoms in total. The van der Waals surface area contributed by atoms with E-state index in [2.05, 4.69) is 0 Å². The van der Waals surface area contributed by atoms with E-state index in [1.54, 1.807) is 48.5 Å². The molecule has 0 saturated carbocycles. The van der Waals surface area contributed by atoms with Gasteiger partial charge >= 0.3 is 5.97 Å². The molecule has 1 atom stereocenters. The number of carboxylic acids is 1. The first-order valence-electron chi connectivity index (χ1n) is 8.22. The molecule has 3 aromatic rings. The SMILES string of the molecule is CC(=O)c1ccc(-c2cc(N(c3ccc(C)cc3)S(=O)[O-])c(C(=O)O)s2)cc1. The Hall–Kier alpha value is -2.81. The van der Waals surface area contributed by atoms with Gasteiger partial charge in [-0.15, -0.1) is 11.3 Å². The van der Waals surface area contributed by atoms with Crippen molar-refractivity contribution < 1.29 is 23.5 Å². The van der Waals surface area contributed by atoms with E-state index in [4.69, 9.17) is 0 Å². The number of benzene rings is 2. The number of ketones is 1. The Morgan fingerprint density at radius 3 is 2.18 bits per heavy atom. The molecule has 0 bridgehead atoms. The van der Waals surface area contributed by atoms with Gasteiger partial charge in [-0.1, -0.05) is 42.0 Å². The summed E-state index contributed by atoms with van der Waals surface area (Å²) in [6, 6.07) is 15.0. The van der Waals surface area contributed by atoms with Crippen LogP contribution in [0.5, 0.6) is 0 Å². The van der Waals surface area contributed by atoms with Crippen LogP contribution in [0.2, 0.25) is 0 Å². The second-order valence-corrected chi connectivity index (χ2v) is 7.96. The number of nitrogens with zero attached hydrogens (tertiary/aromatic N) is 1. The molecule has 1 N–H and O–H groups in total. The van der Waals surface area contributed by atoms with Gasteiger partial charge in [-0.3, -0.25) is 13.3 Å². The molecule has 1 heterocycles. The highest BCUT2D eigenvalue weighted by Gasteiger charge is 2.23. The zero-order chi connectivity index (χ0) is 20.4. The highest BCUT2D eigenvalue weighted by molar-refractivity contribution is 7.81. The molecule has 1 unspecified atom stereocenters. The molecule has 1 aromatic heterocycles. The maximum atomic E-state index is 11.9. The van der Waals surface area contributed by atoms with Crippen LogP contribution in [0.1, 0.15) is 32.5 Å². The number of carbonyl (C=O) groups is 2. The lowest BCUT2D eigenvalue weighted by Crippen LogP contribution is -2.20. The lowest BCUT2D eigenvalue weighted by molar-refractivity contribution is 0.0702. The van der Waals surface area contributed by atoms with E-state index < -0.39 is 17.2 Å². The number of hydrogen-bond acceptors (Lipinski definition) is 5. The van der Waals surface area contributed by atoms with Crippen molar-refractivity contribution in [3.63, 3.8) is 0 Å². The van der Waals surface area contributed by atoms with Crippen LogP contribution in [-0.2, 0) is 11.3 Å². The number of carboxylic acid groups (broad SMARTS) is 1. The number of thiophene rings is 1. The van der Waals surface area contributed by atoms with Crippen molar-refractivity contribution in [1.29, 1.82) is 0 Å². The highest BCUT2D eigenvalue weighted by Crippen LogP contribution is 2.40. The van der Waals surface area contributed by atoms with Crippen LogP contribution < -0.4 is 4.31 Å². The van der Waals surface area contributed by atoms with Gasteiger partial charge in [-0.2, -0.15) is 0 Å². The minimum Gasteiger partial charge on any atom is -0.755 e. The molecule has 2 aromatic carbocycles. The monoisotopic (exact) mass is 414 g/mol. The van der Waals surface area contributed by atoms with Crippen molar-refractivity contribution in [2.75, 3.05) is 4.31 Å². The van der Waals surface area contributed by atoms with Gasteiger partial charge in [0, 0.05) is 10.4 Å². The van der Waals surface area contributed by atoms with Gasteiger partial charge in [0.2, 0.25) is 0 Å². The summed E-state index contributed by atoms with van der Waals surface area (Å²) in [6.45, 7) is 3.34. The third-order valence-corrected chi connectivity index (χ3v) is 5.99. The average molecular weight is 414 g/mol. The summed E-state index contributed by atoms with van der Waals surface area (Å²) in [7, 11) is 0. The van der Waals surface area contributed by atoms with E-state index in [-0.39, 0.29) is 16.3 Å². The number of aryl methyl sites for hydroxylation is 1. The van der Waals surface area contributed by atoms with E-state index in [9.17, 15) is 23.5 Å². The van der Waals surface area contributed by atoms with Crippen molar-refractivity contribution >= 4 is 45.7 Å². The Morgan fingerprint density at radius 1 is 1.07 bits per heavy atom. The molecule has 0 radical (unpaired) electrons. The third kappa shape index (κ3) is 4.04. The van der Waals surface area contributed by atoms with Gasteiger partial charge in [-0.05, 0) is 37.6 Å². The minimum atomic E-state index is -2.71. The largest absolute Gasteiger partial charge is 0.755 e. The van der Waals surface area contributed by atoms with Gasteiger partial charge in [0.25, 0.3) is 0 Å². The fraction of sp³-hybridized carbons (Fsp3) is 0.100. The molecule has 8 heteroatoms. The first-order chi connectivity index (χ1) is 13.3. The topological polar surface area (TPSA) is 97.7 Å². The van der Waals surface area contributed by atoms with Crippen LogP contribution in [-0.4, -0.2) is 25.6 Å². The zero-order valence-electron chi connectivity index (χ0n) is 15.0. The van der Waals surface area contributed by atoms with Crippen LogP contribution in [0.25, 0.3) is 10.4 Å². The maximum absolute atomic E-state index is 11.9. The lowest BCUT2D eigenvalue weighted by Gasteiger charge is -2.26. The molecular formula is C20H16NO5S2-. The molecule has 0 aliphatic carbocycles. The number of carbonyl (C=O) groups excluding carboxylic acids is 1. The van der Waals surface area contributed by atoms with Crippen molar-refractivity contribution in [2.45, 2.75) is 13.8 Å². The molecule has 28 heavy (non-hydrogen) atoms. The second-order valence-electron chi connectivity index (χ2n) is 6.11. The third-order valence-electron chi connectivity index (χ3n) is 4.12. The van der Waals surface area contributed by atoms with Crippen molar-refractivity contribution in [3.8, 4) is 10.4 Å². The summed E-state index contributed by atoms with van der Waals surface area (Å²) in [6.07, 6.45) is 0. The number of aromatic carboxylic acids is 1. The standard InChI is InChI=1S/C20H17NO5S2/c1-12-3-9-16(10-4-12)21(28(25)26)17-11-18(27-19(17)20(23)24)15-7-5-14(6-8-15)13(2)22/h3-11H,1-2H3,(H,23,24)(H,25,26)/p-1. The Kier molecular flexibility index (Phi) is 5.73. The van der Waals surface area contributed by atoms with Gasteiger partial charge in [0.15, 0.2) is 5.78 Å². The Bertz CT molecular complexity index is 1060. The van der Waals surface area contributed by atoms with Gasteiger partial charge in [0.1, 0.15) is 4.88 Å². The molecule has 0 aliphatic heterocycles. The van der Waals surface area contributed by atoms with Crippen molar-refractivity contribution in [3.05, 3.63) is 70.6 Å². The predicted molar refractivity (Wildman–Crippen MR) is 109 cm³/mol. The molecule has 0 aliphatic rings.